The minimum absolute atomic E-state index is 0.215. The van der Waals surface area contributed by atoms with E-state index in [0.29, 0.717) is 22.4 Å². The second kappa shape index (κ2) is 8.19. The fourth-order valence-electron chi connectivity index (χ4n) is 3.54. The molecule has 2 rings (SSSR count). The van der Waals surface area contributed by atoms with Gasteiger partial charge in [0.2, 0.25) is 0 Å². The predicted molar refractivity (Wildman–Crippen MR) is 108 cm³/mol. The lowest BCUT2D eigenvalue weighted by Gasteiger charge is -2.40. The number of nitrogens with zero attached hydrogens (tertiary/aromatic N) is 1. The molecule has 0 radical (unpaired) electrons. The summed E-state index contributed by atoms with van der Waals surface area (Å²) >= 11 is 0. The van der Waals surface area contributed by atoms with Gasteiger partial charge in [-0.2, -0.15) is 0 Å². The normalized spacial score (nSPS) is 12.4. The van der Waals surface area contributed by atoms with Crippen LogP contribution in [-0.2, 0) is 4.74 Å². The van der Waals surface area contributed by atoms with Crippen molar-refractivity contribution in [1.29, 1.82) is 0 Å². The molecule has 0 fully saturated rings. The molecule has 0 spiro atoms. The number of aryl methyl sites for hydroxylation is 1. The number of nitrogens with one attached hydrogen (secondary N) is 1. The number of H-pyrrole nitrogens is 1. The van der Waals surface area contributed by atoms with E-state index < -0.39 is 23.4 Å². The van der Waals surface area contributed by atoms with Crippen LogP contribution in [0.15, 0.2) is 24.3 Å². The number of Topliss-reactive ketones (excluding diaryl/α,β-unsaturated/α-hetero) is 1. The maximum Gasteiger partial charge on any atom is 0.354 e. The fraction of sp³-hybridized carbons (Fsp3) is 0.409. The van der Waals surface area contributed by atoms with E-state index in [1.807, 2.05) is 20.8 Å². The first-order chi connectivity index (χ1) is 13.4. The molecule has 1 unspecified atom stereocenters. The highest BCUT2D eigenvalue weighted by Gasteiger charge is 2.37. The zero-order valence-corrected chi connectivity index (χ0v) is 17.8. The van der Waals surface area contributed by atoms with Gasteiger partial charge in [-0.1, -0.05) is 0 Å². The minimum Gasteiger partial charge on any atom is -0.464 e. The Morgan fingerprint density at radius 3 is 2.14 bits per heavy atom. The number of halogens is 1. The lowest BCUT2D eigenvalue weighted by Crippen LogP contribution is -2.53. The molecule has 0 saturated heterocycles. The maximum atomic E-state index is 13.4. The van der Waals surface area contributed by atoms with Gasteiger partial charge >= 0.3 is 5.97 Å². The monoisotopic (exact) mass is 402 g/mol. The Labute approximate surface area is 170 Å². The largest absolute Gasteiger partial charge is 0.464 e. The SMILES string of the molecule is COC(=O)c1[nH]c(C)c(C(=O)C(C)N(C(=O)c2ccc(F)cc2)C(C)(C)C)c1C. The average Bonchev–Trinajstić information content (AvgIpc) is 2.94. The van der Waals surface area contributed by atoms with Gasteiger partial charge < -0.3 is 14.6 Å². The molecule has 0 aliphatic rings. The van der Waals surface area contributed by atoms with Crippen LogP contribution in [0.2, 0.25) is 0 Å². The molecule has 0 aliphatic carbocycles. The molecule has 7 heteroatoms. The second-order valence-corrected chi connectivity index (χ2v) is 8.01. The zero-order chi connectivity index (χ0) is 22.1. The first-order valence-corrected chi connectivity index (χ1v) is 9.31. The molecule has 1 N–H and O–H groups in total. The maximum absolute atomic E-state index is 13.4. The number of esters is 1. The summed E-state index contributed by atoms with van der Waals surface area (Å²) in [7, 11) is 1.27. The zero-order valence-electron chi connectivity index (χ0n) is 17.8. The summed E-state index contributed by atoms with van der Waals surface area (Å²) in [6.45, 7) is 10.5. The number of rotatable bonds is 5. The summed E-state index contributed by atoms with van der Waals surface area (Å²) in [5.74, 6) is -1.68. The molecule has 156 valence electrons. The molecular weight excluding hydrogens is 375 g/mol. The van der Waals surface area contributed by atoms with Crippen LogP contribution in [-0.4, -0.2) is 46.2 Å². The third-order valence-electron chi connectivity index (χ3n) is 4.87. The third kappa shape index (κ3) is 4.39. The van der Waals surface area contributed by atoms with Crippen LogP contribution in [0, 0.1) is 19.7 Å². The van der Waals surface area contributed by atoms with Gasteiger partial charge in [0, 0.05) is 22.4 Å². The molecule has 1 amide bonds. The smallest absolute Gasteiger partial charge is 0.354 e. The van der Waals surface area contributed by atoms with E-state index in [9.17, 15) is 18.8 Å². The van der Waals surface area contributed by atoms with E-state index in [-0.39, 0.29) is 17.4 Å². The molecule has 29 heavy (non-hydrogen) atoms. The van der Waals surface area contributed by atoms with Crippen molar-refractivity contribution in [3.8, 4) is 0 Å². The number of benzene rings is 1. The summed E-state index contributed by atoms with van der Waals surface area (Å²) in [5, 5.41) is 0. The Bertz CT molecular complexity index is 939. The Balaban J connectivity index is 2.47. The Hall–Kier alpha value is -2.96. The van der Waals surface area contributed by atoms with Gasteiger partial charge in [0.1, 0.15) is 11.5 Å². The van der Waals surface area contributed by atoms with Crippen LogP contribution in [0.3, 0.4) is 0 Å². The average molecular weight is 402 g/mol. The van der Waals surface area contributed by atoms with Crippen LogP contribution in [0.5, 0.6) is 0 Å². The van der Waals surface area contributed by atoms with Gasteiger partial charge in [0.15, 0.2) is 5.78 Å². The number of aromatic nitrogens is 1. The number of methoxy groups -OCH3 is 1. The molecule has 0 saturated carbocycles. The first kappa shape index (κ1) is 22.3. The highest BCUT2D eigenvalue weighted by Crippen LogP contribution is 2.26. The lowest BCUT2D eigenvalue weighted by molar-refractivity contribution is 0.0424. The topological polar surface area (TPSA) is 79.5 Å². The first-order valence-electron chi connectivity index (χ1n) is 9.31. The van der Waals surface area contributed by atoms with Gasteiger partial charge in [-0.3, -0.25) is 9.59 Å². The van der Waals surface area contributed by atoms with E-state index >= 15 is 0 Å². The van der Waals surface area contributed by atoms with Gasteiger partial charge in [0.05, 0.1) is 13.2 Å². The van der Waals surface area contributed by atoms with Crippen molar-refractivity contribution >= 4 is 17.7 Å². The molecule has 0 bridgehead atoms. The Kier molecular flexibility index (Phi) is 6.30. The molecular formula is C22H27FN2O4. The number of aromatic amines is 1. The molecule has 6 nitrogen and oxygen atoms in total. The molecule has 1 atom stereocenters. The fourth-order valence-corrected chi connectivity index (χ4v) is 3.54. The number of hydrogen-bond donors (Lipinski definition) is 1. The van der Waals surface area contributed by atoms with Crippen LogP contribution in [0.4, 0.5) is 4.39 Å². The van der Waals surface area contributed by atoms with Crippen molar-refractivity contribution in [2.75, 3.05) is 7.11 Å². The van der Waals surface area contributed by atoms with Gasteiger partial charge in [-0.05, 0) is 71.4 Å². The van der Waals surface area contributed by atoms with Crippen molar-refractivity contribution in [1.82, 2.24) is 9.88 Å². The van der Waals surface area contributed by atoms with E-state index in [2.05, 4.69) is 4.98 Å². The number of ketones is 1. The summed E-state index contributed by atoms with van der Waals surface area (Å²) in [6, 6.07) is 4.41. The van der Waals surface area contributed by atoms with Crippen LogP contribution >= 0.6 is 0 Å². The molecule has 2 aromatic rings. The van der Waals surface area contributed by atoms with E-state index in [1.165, 1.54) is 36.3 Å². The van der Waals surface area contributed by atoms with Crippen LogP contribution in [0.25, 0.3) is 0 Å². The molecule has 1 aromatic carbocycles. The van der Waals surface area contributed by atoms with Crippen molar-refractivity contribution in [2.45, 2.75) is 53.1 Å². The highest BCUT2D eigenvalue weighted by molar-refractivity contribution is 6.07. The molecule has 1 heterocycles. The second-order valence-electron chi connectivity index (χ2n) is 8.01. The van der Waals surface area contributed by atoms with E-state index in [4.69, 9.17) is 4.74 Å². The molecule has 1 aromatic heterocycles. The van der Waals surface area contributed by atoms with Crippen molar-refractivity contribution in [3.05, 3.63) is 58.2 Å². The third-order valence-corrected chi connectivity index (χ3v) is 4.87. The number of carbonyl (C=O) groups is 3. The van der Waals surface area contributed by atoms with Gasteiger partial charge in [-0.25, -0.2) is 9.18 Å². The van der Waals surface area contributed by atoms with E-state index in [1.54, 1.807) is 20.8 Å². The lowest BCUT2D eigenvalue weighted by atomic mass is 9.94. The summed E-state index contributed by atoms with van der Waals surface area (Å²) in [6.07, 6.45) is 0. The Morgan fingerprint density at radius 2 is 1.66 bits per heavy atom. The van der Waals surface area contributed by atoms with Crippen LogP contribution in [0.1, 0.15) is 70.2 Å². The van der Waals surface area contributed by atoms with Crippen molar-refractivity contribution < 1.29 is 23.5 Å². The standard InChI is InChI=1S/C22H27FN2O4/c1-12-17(13(2)24-18(12)21(28)29-7)19(26)14(3)25(22(4,5)6)20(27)15-8-10-16(23)11-9-15/h8-11,14,24H,1-7H3. The predicted octanol–water partition coefficient (Wildman–Crippen LogP) is 4.07. The van der Waals surface area contributed by atoms with Crippen molar-refractivity contribution in [3.63, 3.8) is 0 Å². The number of amides is 1. The highest BCUT2D eigenvalue weighted by atomic mass is 19.1. The molecule has 0 aliphatic heterocycles. The Morgan fingerprint density at radius 1 is 1.10 bits per heavy atom. The summed E-state index contributed by atoms with van der Waals surface area (Å²) in [5.41, 5.74) is 1.20. The number of carbonyl (C=O) groups excluding carboxylic acids is 3. The summed E-state index contributed by atoms with van der Waals surface area (Å²) in [4.78, 5) is 42.9. The van der Waals surface area contributed by atoms with Crippen LogP contribution < -0.4 is 0 Å². The number of hydrogen-bond acceptors (Lipinski definition) is 4. The minimum atomic E-state index is -0.814. The summed E-state index contributed by atoms with van der Waals surface area (Å²) < 4.78 is 18.0. The van der Waals surface area contributed by atoms with Crippen molar-refractivity contribution in [2.24, 2.45) is 0 Å². The number of ether oxygens (including phenoxy) is 1. The quantitative estimate of drug-likeness (QED) is 0.604. The van der Waals surface area contributed by atoms with Gasteiger partial charge in [-0.15, -0.1) is 0 Å². The van der Waals surface area contributed by atoms with Gasteiger partial charge in [0.25, 0.3) is 5.91 Å². The van der Waals surface area contributed by atoms with E-state index in [0.717, 1.165) is 0 Å².